The maximum Gasteiger partial charge on any atom is 0.236 e. The zero-order valence-corrected chi connectivity index (χ0v) is 14.1. The van der Waals surface area contributed by atoms with Crippen molar-refractivity contribution in [3.8, 4) is 23.3 Å². The predicted octanol–water partition coefficient (Wildman–Crippen LogP) is 4.15. The van der Waals surface area contributed by atoms with Crippen LogP contribution in [0.25, 0.3) is 0 Å². The largest absolute Gasteiger partial charge is 0.279 e. The highest BCUT2D eigenvalue weighted by Crippen LogP contribution is 2.04. The summed E-state index contributed by atoms with van der Waals surface area (Å²) in [4.78, 5) is 11.9. The Morgan fingerprint density at radius 1 is 0.818 bits per heavy atom. The van der Waals surface area contributed by atoms with Crippen LogP contribution in [0, 0.1) is 23.3 Å². The van der Waals surface area contributed by atoms with E-state index in [1.165, 1.54) is 0 Å². The first-order chi connectivity index (χ1) is 10.4. The van der Waals surface area contributed by atoms with Gasteiger partial charge in [0.2, 0.25) is 5.78 Å². The Bertz CT molecular complexity index is 773. The number of Topliss-reactive ketones (excluding diaryl/α,β-unsaturated/α-hetero) is 1. The zero-order chi connectivity index (χ0) is 16.0. The highest BCUT2D eigenvalue weighted by atomic mass is 28.3. The fourth-order valence-electron chi connectivity index (χ4n) is 1.69. The molecule has 0 saturated carbocycles. The maximum atomic E-state index is 11.9. The molecule has 0 bridgehead atoms. The van der Waals surface area contributed by atoms with Crippen molar-refractivity contribution in [2.45, 2.75) is 19.6 Å². The van der Waals surface area contributed by atoms with E-state index in [0.717, 1.165) is 11.1 Å². The monoisotopic (exact) mass is 302 g/mol. The molecule has 2 rings (SSSR count). The smallest absolute Gasteiger partial charge is 0.236 e. The molecule has 0 unspecified atom stereocenters. The van der Waals surface area contributed by atoms with Crippen molar-refractivity contribution in [1.29, 1.82) is 0 Å². The molecule has 0 spiro atoms. The van der Waals surface area contributed by atoms with Gasteiger partial charge in [-0.15, -0.1) is 5.54 Å². The predicted molar refractivity (Wildman–Crippen MR) is 94.3 cm³/mol. The second-order valence-electron chi connectivity index (χ2n) is 6.02. The van der Waals surface area contributed by atoms with Crippen LogP contribution in [0.3, 0.4) is 0 Å². The summed E-state index contributed by atoms with van der Waals surface area (Å²) in [7, 11) is -1.35. The van der Waals surface area contributed by atoms with Gasteiger partial charge < -0.3 is 0 Å². The first-order valence-corrected chi connectivity index (χ1v) is 10.7. The van der Waals surface area contributed by atoms with E-state index < -0.39 is 8.07 Å². The lowest BCUT2D eigenvalue weighted by Gasteiger charge is -2.03. The van der Waals surface area contributed by atoms with E-state index in [1.807, 2.05) is 42.5 Å². The molecule has 0 aliphatic rings. The fraction of sp³-hybridized carbons (Fsp3) is 0.150. The van der Waals surface area contributed by atoms with Crippen molar-refractivity contribution in [1.82, 2.24) is 0 Å². The SMILES string of the molecule is C[Si](C)(C)C#Cc1ccc(C#CC(=O)c2ccccc2)cc1. The van der Waals surface area contributed by atoms with Gasteiger partial charge in [-0.2, -0.15) is 0 Å². The second-order valence-corrected chi connectivity index (χ2v) is 10.8. The lowest BCUT2D eigenvalue weighted by molar-refractivity contribution is 0.105. The van der Waals surface area contributed by atoms with E-state index >= 15 is 0 Å². The Kier molecular flexibility index (Phi) is 4.99. The van der Waals surface area contributed by atoms with Crippen LogP contribution >= 0.6 is 0 Å². The Labute approximate surface area is 133 Å². The second kappa shape index (κ2) is 6.94. The standard InChI is InChI=1S/C20H18OSi/c1-22(2,3)16-15-18-11-9-17(10-12-18)13-14-20(21)19-7-5-4-6-8-19/h4-12H,1-3H3. The van der Waals surface area contributed by atoms with Crippen LogP contribution in [0.2, 0.25) is 19.6 Å². The van der Waals surface area contributed by atoms with Crippen molar-refractivity contribution >= 4 is 13.9 Å². The molecule has 0 radical (unpaired) electrons. The molecule has 0 aromatic heterocycles. The highest BCUT2D eigenvalue weighted by Gasteiger charge is 2.07. The summed E-state index contributed by atoms with van der Waals surface area (Å²) in [5.74, 6) is 8.61. The van der Waals surface area contributed by atoms with Gasteiger partial charge >= 0.3 is 0 Å². The first kappa shape index (κ1) is 15.8. The van der Waals surface area contributed by atoms with Crippen molar-refractivity contribution in [2.24, 2.45) is 0 Å². The summed E-state index contributed by atoms with van der Waals surface area (Å²) in [5, 5.41) is 0. The third-order valence-corrected chi connectivity index (χ3v) is 3.70. The van der Waals surface area contributed by atoms with Gasteiger partial charge in [0.25, 0.3) is 0 Å². The summed E-state index contributed by atoms with van der Waals surface area (Å²) in [6.45, 7) is 6.65. The number of ketones is 1. The van der Waals surface area contributed by atoms with Gasteiger partial charge in [-0.05, 0) is 30.2 Å². The van der Waals surface area contributed by atoms with E-state index in [1.54, 1.807) is 12.1 Å². The van der Waals surface area contributed by atoms with Gasteiger partial charge in [-0.25, -0.2) is 0 Å². The van der Waals surface area contributed by atoms with Crippen LogP contribution in [0.4, 0.5) is 0 Å². The Hall–Kier alpha value is -2.55. The molecular formula is C20H18OSi. The molecule has 1 nitrogen and oxygen atoms in total. The number of rotatable bonds is 1. The normalized spacial score (nSPS) is 9.95. The number of hydrogen-bond acceptors (Lipinski definition) is 1. The minimum absolute atomic E-state index is 0.164. The van der Waals surface area contributed by atoms with Crippen molar-refractivity contribution in [3.05, 3.63) is 71.3 Å². The van der Waals surface area contributed by atoms with E-state index in [0.29, 0.717) is 5.56 Å². The van der Waals surface area contributed by atoms with Crippen LogP contribution in [0.15, 0.2) is 54.6 Å². The minimum Gasteiger partial charge on any atom is -0.279 e. The van der Waals surface area contributed by atoms with Crippen molar-refractivity contribution in [2.75, 3.05) is 0 Å². The molecule has 0 fully saturated rings. The molecule has 2 aromatic carbocycles. The third-order valence-electron chi connectivity index (χ3n) is 2.82. The van der Waals surface area contributed by atoms with Gasteiger partial charge in [-0.3, -0.25) is 4.79 Å². The quantitative estimate of drug-likeness (QED) is 0.439. The van der Waals surface area contributed by atoms with Crippen molar-refractivity contribution < 1.29 is 4.79 Å². The molecule has 0 N–H and O–H groups in total. The molecule has 22 heavy (non-hydrogen) atoms. The topological polar surface area (TPSA) is 17.1 Å². The summed E-state index contributed by atoms with van der Waals surface area (Å²) in [6, 6.07) is 16.8. The number of hydrogen-bond donors (Lipinski definition) is 0. The van der Waals surface area contributed by atoms with E-state index in [9.17, 15) is 4.79 Å². The lowest BCUT2D eigenvalue weighted by Crippen LogP contribution is -2.16. The Morgan fingerprint density at radius 2 is 1.36 bits per heavy atom. The third kappa shape index (κ3) is 5.09. The molecule has 108 valence electrons. The van der Waals surface area contributed by atoms with Crippen LogP contribution in [-0.2, 0) is 0 Å². The molecule has 0 aliphatic carbocycles. The highest BCUT2D eigenvalue weighted by molar-refractivity contribution is 6.83. The Balaban J connectivity index is 2.11. The molecular weight excluding hydrogens is 284 g/mol. The molecule has 0 aliphatic heterocycles. The van der Waals surface area contributed by atoms with Crippen LogP contribution in [0.5, 0.6) is 0 Å². The summed E-state index contributed by atoms with van der Waals surface area (Å²) in [5.41, 5.74) is 5.76. The molecule has 0 saturated heterocycles. The van der Waals surface area contributed by atoms with Crippen LogP contribution in [-0.4, -0.2) is 13.9 Å². The zero-order valence-electron chi connectivity index (χ0n) is 13.1. The first-order valence-electron chi connectivity index (χ1n) is 7.19. The number of carbonyl (C=O) groups excluding carboxylic acids is 1. The number of carbonyl (C=O) groups is 1. The maximum absolute atomic E-state index is 11.9. The fourth-order valence-corrected chi connectivity index (χ4v) is 2.21. The molecule has 0 heterocycles. The minimum atomic E-state index is -1.35. The van der Waals surface area contributed by atoms with Gasteiger partial charge in [-0.1, -0.05) is 61.8 Å². The average molecular weight is 302 g/mol. The van der Waals surface area contributed by atoms with Gasteiger partial charge in [0.1, 0.15) is 8.07 Å². The summed E-state index contributed by atoms with van der Waals surface area (Å²) in [6.07, 6.45) is 0. The molecule has 0 atom stereocenters. The van der Waals surface area contributed by atoms with Gasteiger partial charge in [0.05, 0.1) is 0 Å². The lowest BCUT2D eigenvalue weighted by atomic mass is 10.1. The number of benzene rings is 2. The van der Waals surface area contributed by atoms with E-state index in [-0.39, 0.29) is 5.78 Å². The van der Waals surface area contributed by atoms with Crippen molar-refractivity contribution in [3.63, 3.8) is 0 Å². The molecule has 2 aromatic rings. The summed E-state index contributed by atoms with van der Waals surface area (Å²) < 4.78 is 0. The van der Waals surface area contributed by atoms with E-state index in [2.05, 4.69) is 42.9 Å². The summed E-state index contributed by atoms with van der Waals surface area (Å²) >= 11 is 0. The average Bonchev–Trinajstić information content (AvgIpc) is 2.52. The van der Waals surface area contributed by atoms with Crippen LogP contribution < -0.4 is 0 Å². The van der Waals surface area contributed by atoms with Gasteiger partial charge in [0, 0.05) is 16.7 Å². The molecule has 0 amide bonds. The van der Waals surface area contributed by atoms with E-state index in [4.69, 9.17) is 0 Å². The Morgan fingerprint density at radius 3 is 1.91 bits per heavy atom. The van der Waals surface area contributed by atoms with Crippen LogP contribution in [0.1, 0.15) is 21.5 Å². The molecule has 2 heteroatoms. The van der Waals surface area contributed by atoms with Gasteiger partial charge in [0.15, 0.2) is 0 Å².